The summed E-state index contributed by atoms with van der Waals surface area (Å²) in [5.41, 5.74) is 3.54. The molecule has 68 valence electrons. The third kappa shape index (κ3) is 1.18. The minimum atomic E-state index is 0.744. The van der Waals surface area contributed by atoms with E-state index in [-0.39, 0.29) is 0 Å². The number of hydrogen-bond donors (Lipinski definition) is 0. The molecule has 0 saturated carbocycles. The lowest BCUT2D eigenvalue weighted by atomic mass is 10.1. The topological polar surface area (TPSA) is 26.0 Å². The van der Waals surface area contributed by atoms with Gasteiger partial charge < -0.3 is 4.42 Å². The highest BCUT2D eigenvalue weighted by atomic mass is 79.9. The Morgan fingerprint density at radius 1 is 1.38 bits per heavy atom. The molecule has 1 aromatic heterocycles. The van der Waals surface area contributed by atoms with Crippen LogP contribution in [0.4, 0.5) is 0 Å². The number of rotatable bonds is 0. The van der Waals surface area contributed by atoms with Gasteiger partial charge in [0.05, 0.1) is 4.47 Å². The van der Waals surface area contributed by atoms with Crippen LogP contribution in [-0.4, -0.2) is 4.98 Å². The molecule has 13 heavy (non-hydrogen) atoms. The first-order valence-corrected chi connectivity index (χ1v) is 4.97. The van der Waals surface area contributed by atoms with Gasteiger partial charge in [-0.25, -0.2) is 4.98 Å². The standard InChI is InChI=1S/C9H7BrClNO/c1-4-6(10)9-8(12-3-13-9)5(2)7(4)11/h3H,1-2H3. The maximum Gasteiger partial charge on any atom is 0.182 e. The fourth-order valence-electron chi connectivity index (χ4n) is 1.32. The van der Waals surface area contributed by atoms with Crippen LogP contribution >= 0.6 is 27.5 Å². The fourth-order valence-corrected chi connectivity index (χ4v) is 2.10. The van der Waals surface area contributed by atoms with Gasteiger partial charge in [-0.2, -0.15) is 0 Å². The second-order valence-corrected chi connectivity index (χ2v) is 4.08. The van der Waals surface area contributed by atoms with Crippen molar-refractivity contribution in [2.75, 3.05) is 0 Å². The van der Waals surface area contributed by atoms with Gasteiger partial charge in [-0.05, 0) is 40.9 Å². The summed E-state index contributed by atoms with van der Waals surface area (Å²) in [6.07, 6.45) is 1.43. The molecule has 2 aromatic rings. The van der Waals surface area contributed by atoms with E-state index in [4.69, 9.17) is 16.0 Å². The van der Waals surface area contributed by atoms with Gasteiger partial charge in [0.2, 0.25) is 0 Å². The quantitative estimate of drug-likeness (QED) is 0.719. The zero-order valence-corrected chi connectivity index (χ0v) is 9.53. The minimum Gasteiger partial charge on any atom is -0.442 e. The first-order chi connectivity index (χ1) is 6.13. The molecule has 0 saturated heterocycles. The van der Waals surface area contributed by atoms with Crippen molar-refractivity contribution in [2.45, 2.75) is 13.8 Å². The molecule has 1 heterocycles. The third-order valence-corrected chi connectivity index (χ3v) is 3.63. The van der Waals surface area contributed by atoms with Gasteiger partial charge in [0, 0.05) is 5.02 Å². The predicted molar refractivity (Wildman–Crippen MR) is 56.2 cm³/mol. The molecule has 0 N–H and O–H groups in total. The minimum absolute atomic E-state index is 0.744. The van der Waals surface area contributed by atoms with Crippen molar-refractivity contribution in [3.8, 4) is 0 Å². The monoisotopic (exact) mass is 259 g/mol. The average molecular weight is 261 g/mol. The first kappa shape index (κ1) is 9.03. The van der Waals surface area contributed by atoms with Crippen LogP contribution in [-0.2, 0) is 0 Å². The molecule has 4 heteroatoms. The SMILES string of the molecule is Cc1c(Cl)c(C)c2ncoc2c1Br. The van der Waals surface area contributed by atoms with Gasteiger partial charge in [0.1, 0.15) is 5.52 Å². The molecular formula is C9H7BrClNO. The lowest BCUT2D eigenvalue weighted by molar-refractivity contribution is 0.600. The molecule has 2 nitrogen and oxygen atoms in total. The van der Waals surface area contributed by atoms with Crippen LogP contribution in [0.15, 0.2) is 15.3 Å². The number of fused-ring (bicyclic) bond motifs is 1. The van der Waals surface area contributed by atoms with Gasteiger partial charge >= 0.3 is 0 Å². The smallest absolute Gasteiger partial charge is 0.182 e. The fraction of sp³-hybridized carbons (Fsp3) is 0.222. The van der Waals surface area contributed by atoms with Crippen LogP contribution in [0, 0.1) is 13.8 Å². The molecule has 0 atom stereocenters. The molecule has 0 fully saturated rings. The van der Waals surface area contributed by atoms with E-state index in [0.717, 1.165) is 31.7 Å². The van der Waals surface area contributed by atoms with E-state index >= 15 is 0 Å². The Kier molecular flexibility index (Phi) is 2.08. The van der Waals surface area contributed by atoms with E-state index in [1.165, 1.54) is 6.39 Å². The van der Waals surface area contributed by atoms with E-state index in [1.807, 2.05) is 13.8 Å². The van der Waals surface area contributed by atoms with Gasteiger partial charge in [-0.3, -0.25) is 0 Å². The van der Waals surface area contributed by atoms with Gasteiger partial charge in [-0.15, -0.1) is 0 Å². The third-order valence-electron chi connectivity index (χ3n) is 2.11. The van der Waals surface area contributed by atoms with Crippen LogP contribution in [0.25, 0.3) is 11.1 Å². The normalized spacial score (nSPS) is 11.1. The number of nitrogens with zero attached hydrogens (tertiary/aromatic N) is 1. The van der Waals surface area contributed by atoms with Crippen LogP contribution < -0.4 is 0 Å². The molecule has 2 rings (SSSR count). The van der Waals surface area contributed by atoms with Crippen molar-refractivity contribution in [1.82, 2.24) is 4.98 Å². The summed E-state index contributed by atoms with van der Waals surface area (Å²) >= 11 is 9.53. The molecule has 0 radical (unpaired) electrons. The molecule has 0 aliphatic heterocycles. The van der Waals surface area contributed by atoms with Crippen molar-refractivity contribution in [3.63, 3.8) is 0 Å². The van der Waals surface area contributed by atoms with Gasteiger partial charge in [-0.1, -0.05) is 11.6 Å². The Morgan fingerprint density at radius 3 is 2.77 bits per heavy atom. The van der Waals surface area contributed by atoms with E-state index < -0.39 is 0 Å². The largest absolute Gasteiger partial charge is 0.442 e. The Labute approximate surface area is 89.0 Å². The Bertz CT molecular complexity index is 436. The summed E-state index contributed by atoms with van der Waals surface area (Å²) in [5.74, 6) is 0. The highest BCUT2D eigenvalue weighted by molar-refractivity contribution is 9.10. The summed E-state index contributed by atoms with van der Waals surface area (Å²) in [4.78, 5) is 4.10. The number of hydrogen-bond acceptors (Lipinski definition) is 2. The van der Waals surface area contributed by atoms with E-state index in [0.29, 0.717) is 0 Å². The van der Waals surface area contributed by atoms with Crippen molar-refractivity contribution in [1.29, 1.82) is 0 Å². The maximum absolute atomic E-state index is 6.11. The number of halogens is 2. The van der Waals surface area contributed by atoms with Crippen LogP contribution in [0.1, 0.15) is 11.1 Å². The number of benzene rings is 1. The first-order valence-electron chi connectivity index (χ1n) is 3.80. The molecule has 0 spiro atoms. The molecule has 0 aliphatic rings. The van der Waals surface area contributed by atoms with Crippen LogP contribution in [0.2, 0.25) is 5.02 Å². The lowest BCUT2D eigenvalue weighted by Gasteiger charge is -2.04. The zero-order valence-electron chi connectivity index (χ0n) is 7.19. The van der Waals surface area contributed by atoms with Crippen molar-refractivity contribution < 1.29 is 4.42 Å². The van der Waals surface area contributed by atoms with Crippen LogP contribution in [0.5, 0.6) is 0 Å². The number of aromatic nitrogens is 1. The van der Waals surface area contributed by atoms with Gasteiger partial charge in [0.25, 0.3) is 0 Å². The number of aryl methyl sites for hydroxylation is 1. The Balaban J connectivity index is 3.02. The molecule has 0 amide bonds. The van der Waals surface area contributed by atoms with E-state index in [2.05, 4.69) is 20.9 Å². The summed E-state index contributed by atoms with van der Waals surface area (Å²) in [5, 5.41) is 0.744. The highest BCUT2D eigenvalue weighted by Crippen LogP contribution is 2.35. The molecule has 0 aliphatic carbocycles. The highest BCUT2D eigenvalue weighted by Gasteiger charge is 2.14. The second-order valence-electron chi connectivity index (χ2n) is 2.91. The van der Waals surface area contributed by atoms with Crippen LogP contribution in [0.3, 0.4) is 0 Å². The Hall–Kier alpha value is -0.540. The summed E-state index contributed by atoms with van der Waals surface area (Å²) in [6.45, 7) is 3.88. The van der Waals surface area contributed by atoms with Crippen molar-refractivity contribution in [2.24, 2.45) is 0 Å². The predicted octanol–water partition coefficient (Wildman–Crippen LogP) is 3.86. The van der Waals surface area contributed by atoms with Crippen molar-refractivity contribution >= 4 is 38.6 Å². The molecule has 0 bridgehead atoms. The van der Waals surface area contributed by atoms with E-state index in [9.17, 15) is 0 Å². The Morgan fingerprint density at radius 2 is 2.08 bits per heavy atom. The molecule has 0 unspecified atom stereocenters. The zero-order chi connectivity index (χ0) is 9.59. The average Bonchev–Trinajstić information content (AvgIpc) is 2.59. The summed E-state index contributed by atoms with van der Waals surface area (Å²) in [6, 6.07) is 0. The molecule has 1 aromatic carbocycles. The van der Waals surface area contributed by atoms with E-state index in [1.54, 1.807) is 0 Å². The maximum atomic E-state index is 6.11. The number of oxazole rings is 1. The summed E-state index contributed by atoms with van der Waals surface area (Å²) < 4.78 is 6.13. The molecular weight excluding hydrogens is 253 g/mol. The van der Waals surface area contributed by atoms with Gasteiger partial charge in [0.15, 0.2) is 12.0 Å². The lowest BCUT2D eigenvalue weighted by Crippen LogP contribution is -1.85. The second kappa shape index (κ2) is 3.00. The summed E-state index contributed by atoms with van der Waals surface area (Å²) in [7, 11) is 0. The van der Waals surface area contributed by atoms with Crippen molar-refractivity contribution in [3.05, 3.63) is 27.0 Å².